The fourth-order valence-electron chi connectivity index (χ4n) is 3.66. The maximum atomic E-state index is 13.4. The first kappa shape index (κ1) is 21.5. The van der Waals surface area contributed by atoms with E-state index in [9.17, 15) is 8.42 Å². The van der Waals surface area contributed by atoms with E-state index < -0.39 is 9.84 Å². The fourth-order valence-corrected chi connectivity index (χ4v) is 5.80. The summed E-state index contributed by atoms with van der Waals surface area (Å²) in [5.41, 5.74) is 4.98. The van der Waals surface area contributed by atoms with Gasteiger partial charge in [0.05, 0.1) is 15.1 Å². The van der Waals surface area contributed by atoms with E-state index in [0.29, 0.717) is 11.7 Å². The third-order valence-corrected chi connectivity index (χ3v) is 8.36. The summed E-state index contributed by atoms with van der Waals surface area (Å²) >= 11 is 1.51. The highest BCUT2D eigenvalue weighted by Gasteiger charge is 2.27. The summed E-state index contributed by atoms with van der Waals surface area (Å²) < 4.78 is 29.3. The second-order valence-corrected chi connectivity index (χ2v) is 11.2. The number of hydrogen-bond acceptors (Lipinski definition) is 7. The molecule has 0 saturated carbocycles. The monoisotopic (exact) mass is 477 g/mol. The van der Waals surface area contributed by atoms with Gasteiger partial charge in [-0.15, -0.1) is 16.4 Å². The van der Waals surface area contributed by atoms with Gasteiger partial charge in [-0.3, -0.25) is 0 Å². The molecule has 3 heterocycles. The highest BCUT2D eigenvalue weighted by Crippen LogP contribution is 2.33. The maximum absolute atomic E-state index is 13.4. The van der Waals surface area contributed by atoms with Gasteiger partial charge in [-0.25, -0.2) is 13.4 Å². The van der Waals surface area contributed by atoms with E-state index in [4.69, 9.17) is 0 Å². The molecule has 0 unspecified atom stereocenters. The van der Waals surface area contributed by atoms with Crippen molar-refractivity contribution < 1.29 is 8.42 Å². The minimum Gasteiger partial charge on any atom is -0.339 e. The first-order valence-corrected chi connectivity index (χ1v) is 12.9. The highest BCUT2D eigenvalue weighted by atomic mass is 32.2. The second-order valence-electron chi connectivity index (χ2n) is 8.38. The largest absolute Gasteiger partial charge is 0.339 e. The average Bonchev–Trinajstić information content (AvgIpc) is 3.43. The van der Waals surface area contributed by atoms with E-state index in [1.807, 2.05) is 37.4 Å². The summed E-state index contributed by atoms with van der Waals surface area (Å²) in [5.74, 6) is 1.01. The minimum atomic E-state index is -3.90. The predicted molar refractivity (Wildman–Crippen MR) is 131 cm³/mol. The van der Waals surface area contributed by atoms with Gasteiger partial charge < -0.3 is 5.32 Å². The molecule has 33 heavy (non-hydrogen) atoms. The summed E-state index contributed by atoms with van der Waals surface area (Å²) in [6.07, 6.45) is 0. The molecule has 5 rings (SSSR count). The van der Waals surface area contributed by atoms with Crippen LogP contribution in [0.4, 0.5) is 11.5 Å². The number of rotatable bonds is 5. The molecule has 9 heteroatoms. The zero-order valence-electron chi connectivity index (χ0n) is 18.7. The van der Waals surface area contributed by atoms with Gasteiger partial charge in [0.1, 0.15) is 0 Å². The van der Waals surface area contributed by atoms with Crippen LogP contribution in [0, 0.1) is 13.8 Å². The topological polar surface area (TPSA) is 89.2 Å². The number of sulfone groups is 1. The normalized spacial score (nSPS) is 12.2. The van der Waals surface area contributed by atoms with Gasteiger partial charge in [-0.1, -0.05) is 37.3 Å². The summed E-state index contributed by atoms with van der Waals surface area (Å²) in [5, 5.41) is 13.3. The first-order chi connectivity index (χ1) is 15.8. The van der Waals surface area contributed by atoms with Crippen LogP contribution >= 0.6 is 11.3 Å². The van der Waals surface area contributed by atoms with E-state index in [1.165, 1.54) is 21.4 Å². The van der Waals surface area contributed by atoms with E-state index in [-0.39, 0.29) is 15.6 Å². The Morgan fingerprint density at radius 1 is 1.00 bits per heavy atom. The summed E-state index contributed by atoms with van der Waals surface area (Å²) in [4.78, 5) is 4.86. The molecular weight excluding hydrogens is 454 g/mol. The van der Waals surface area contributed by atoms with Gasteiger partial charge in [0.15, 0.2) is 11.5 Å². The van der Waals surface area contributed by atoms with E-state index in [0.717, 1.165) is 27.0 Å². The average molecular weight is 478 g/mol. The van der Waals surface area contributed by atoms with Crippen molar-refractivity contribution in [2.45, 2.75) is 43.5 Å². The molecule has 0 atom stereocenters. The molecule has 0 radical (unpaired) electrons. The third-order valence-electron chi connectivity index (χ3n) is 5.81. The van der Waals surface area contributed by atoms with Crippen LogP contribution in [0.3, 0.4) is 0 Å². The van der Waals surface area contributed by atoms with Crippen molar-refractivity contribution in [3.63, 3.8) is 0 Å². The number of hydrogen-bond donors (Lipinski definition) is 1. The molecule has 0 bridgehead atoms. The number of thiophene rings is 1. The number of aryl methyl sites for hydroxylation is 2. The maximum Gasteiger partial charge on any atom is 0.229 e. The molecule has 168 valence electrons. The minimum absolute atomic E-state index is 0.156. The molecular formula is C24H23N5O2S2. The number of benzene rings is 2. The molecule has 0 aliphatic carbocycles. The van der Waals surface area contributed by atoms with Crippen LogP contribution in [0.5, 0.6) is 0 Å². The van der Waals surface area contributed by atoms with Gasteiger partial charge in [0.2, 0.25) is 14.9 Å². The van der Waals surface area contributed by atoms with E-state index in [1.54, 1.807) is 18.2 Å². The summed E-state index contributed by atoms with van der Waals surface area (Å²) in [6.45, 7) is 8.13. The quantitative estimate of drug-likeness (QED) is 0.352. The third kappa shape index (κ3) is 3.67. The molecule has 2 aromatic carbocycles. The molecule has 0 fully saturated rings. The standard InChI is InChI=1S/C24H23N5O2S2/c1-14(2)17-6-8-18(9-7-17)25-22-21-20(11-12-32-21)29-23(26-22)24(27-28-29)33(30,31)19-10-5-15(3)16(4)13-19/h5-14H,1-4H3,(H,25,26). The predicted octanol–water partition coefficient (Wildman–Crippen LogP) is 5.66. The Morgan fingerprint density at radius 3 is 2.45 bits per heavy atom. The molecule has 0 aliphatic heterocycles. The van der Waals surface area contributed by atoms with Gasteiger partial charge >= 0.3 is 0 Å². The van der Waals surface area contributed by atoms with Crippen LogP contribution in [0.15, 0.2) is 63.8 Å². The van der Waals surface area contributed by atoms with Crippen LogP contribution < -0.4 is 5.32 Å². The number of fused-ring (bicyclic) bond motifs is 3. The SMILES string of the molecule is Cc1ccc(S(=O)(=O)c2nnn3c2nc(Nc2ccc(C(C)C)cc2)c2sccc23)cc1C. The van der Waals surface area contributed by atoms with Crippen molar-refractivity contribution in [1.82, 2.24) is 19.8 Å². The number of anilines is 2. The summed E-state index contributed by atoms with van der Waals surface area (Å²) in [7, 11) is -3.90. The molecule has 0 saturated heterocycles. The lowest BCUT2D eigenvalue weighted by Gasteiger charge is -2.10. The molecule has 3 aromatic heterocycles. The van der Waals surface area contributed by atoms with Crippen LogP contribution in [0.1, 0.15) is 36.5 Å². The van der Waals surface area contributed by atoms with Gasteiger partial charge in [-0.2, -0.15) is 4.52 Å². The van der Waals surface area contributed by atoms with E-state index in [2.05, 4.69) is 46.6 Å². The Morgan fingerprint density at radius 2 is 1.76 bits per heavy atom. The molecule has 0 amide bonds. The van der Waals surface area contributed by atoms with Gasteiger partial charge in [0.25, 0.3) is 0 Å². The lowest BCUT2D eigenvalue weighted by molar-refractivity contribution is 0.592. The van der Waals surface area contributed by atoms with Crippen molar-refractivity contribution in [2.24, 2.45) is 0 Å². The smallest absolute Gasteiger partial charge is 0.229 e. The van der Waals surface area contributed by atoms with Crippen molar-refractivity contribution >= 4 is 48.5 Å². The second kappa shape index (κ2) is 7.93. The van der Waals surface area contributed by atoms with Crippen LogP contribution in [0.2, 0.25) is 0 Å². The number of aromatic nitrogens is 4. The van der Waals surface area contributed by atoms with Crippen LogP contribution in [-0.2, 0) is 9.84 Å². The van der Waals surface area contributed by atoms with Gasteiger partial charge in [0, 0.05) is 5.69 Å². The van der Waals surface area contributed by atoms with Crippen LogP contribution in [-0.4, -0.2) is 28.2 Å². The number of nitrogens with one attached hydrogen (secondary N) is 1. The van der Waals surface area contributed by atoms with Gasteiger partial charge in [-0.05, 0) is 72.2 Å². The molecule has 0 aliphatic rings. The Kier molecular flexibility index (Phi) is 5.18. The van der Waals surface area contributed by atoms with Crippen molar-refractivity contribution in [1.29, 1.82) is 0 Å². The zero-order chi connectivity index (χ0) is 23.3. The van der Waals surface area contributed by atoms with E-state index >= 15 is 0 Å². The van der Waals surface area contributed by atoms with Crippen molar-refractivity contribution in [3.05, 3.63) is 70.6 Å². The fraction of sp³-hybridized carbons (Fsp3) is 0.208. The Hall–Kier alpha value is -3.30. The zero-order valence-corrected chi connectivity index (χ0v) is 20.3. The van der Waals surface area contributed by atoms with Crippen molar-refractivity contribution in [2.75, 3.05) is 5.32 Å². The lowest BCUT2D eigenvalue weighted by Crippen LogP contribution is -2.06. The molecule has 5 aromatic rings. The Bertz CT molecular complexity index is 1600. The summed E-state index contributed by atoms with van der Waals surface area (Å²) in [6, 6.07) is 15.1. The molecule has 7 nitrogen and oxygen atoms in total. The Labute approximate surface area is 196 Å². The Balaban J connectivity index is 1.65. The van der Waals surface area contributed by atoms with Crippen LogP contribution in [0.25, 0.3) is 15.9 Å². The first-order valence-electron chi connectivity index (χ1n) is 10.6. The molecule has 1 N–H and O–H groups in total. The number of nitrogens with zero attached hydrogens (tertiary/aromatic N) is 4. The lowest BCUT2D eigenvalue weighted by atomic mass is 10.0. The highest BCUT2D eigenvalue weighted by molar-refractivity contribution is 7.91. The molecule has 0 spiro atoms. The van der Waals surface area contributed by atoms with Crippen molar-refractivity contribution in [3.8, 4) is 0 Å².